The van der Waals surface area contributed by atoms with Crippen molar-refractivity contribution in [1.29, 1.82) is 0 Å². The van der Waals surface area contributed by atoms with Gasteiger partial charge in [-0.15, -0.1) is 0 Å². The van der Waals surface area contributed by atoms with Gasteiger partial charge in [-0.3, -0.25) is 9.80 Å². The zero-order valence-electron chi connectivity index (χ0n) is 24.7. The molecule has 222 valence electrons. The highest BCUT2D eigenvalue weighted by Gasteiger charge is 2.31. The van der Waals surface area contributed by atoms with Crippen LogP contribution in [0.2, 0.25) is 0 Å². The zero-order valence-corrected chi connectivity index (χ0v) is 24.7. The second-order valence-corrected chi connectivity index (χ2v) is 11.0. The summed E-state index contributed by atoms with van der Waals surface area (Å²) in [6.07, 6.45) is 1.02. The van der Waals surface area contributed by atoms with Gasteiger partial charge >= 0.3 is 12.1 Å². The Balaban J connectivity index is 1.17. The monoisotopic (exact) mass is 576 g/mol. The van der Waals surface area contributed by atoms with Crippen molar-refractivity contribution in [3.63, 3.8) is 0 Å². The summed E-state index contributed by atoms with van der Waals surface area (Å²) in [6, 6.07) is 39.7. The van der Waals surface area contributed by atoms with Crippen LogP contribution in [0.1, 0.15) is 30.9 Å². The molecule has 1 heterocycles. The van der Waals surface area contributed by atoms with E-state index < -0.39 is 0 Å². The van der Waals surface area contributed by atoms with Gasteiger partial charge in [0.1, 0.15) is 6.61 Å². The minimum atomic E-state index is -0.301. The molecule has 43 heavy (non-hydrogen) atoms. The van der Waals surface area contributed by atoms with E-state index in [-0.39, 0.29) is 24.2 Å². The van der Waals surface area contributed by atoms with Crippen molar-refractivity contribution in [3.05, 3.63) is 132 Å². The summed E-state index contributed by atoms with van der Waals surface area (Å²) in [6.45, 7) is 4.98. The van der Waals surface area contributed by atoms with E-state index in [1.54, 1.807) is 4.90 Å². The number of hydrogen-bond donors (Lipinski definition) is 1. The van der Waals surface area contributed by atoms with E-state index in [0.29, 0.717) is 32.5 Å². The Hall–Kier alpha value is -4.62. The lowest BCUT2D eigenvalue weighted by Gasteiger charge is -2.38. The molecule has 0 aromatic heterocycles. The molecule has 5 rings (SSSR count). The van der Waals surface area contributed by atoms with Gasteiger partial charge in [0.25, 0.3) is 0 Å². The Morgan fingerprint density at radius 3 is 1.79 bits per heavy atom. The molecule has 1 fully saturated rings. The first-order valence-corrected chi connectivity index (χ1v) is 15.0. The molecule has 1 aliphatic heterocycles. The third-order valence-electron chi connectivity index (χ3n) is 7.89. The predicted molar refractivity (Wildman–Crippen MR) is 172 cm³/mol. The van der Waals surface area contributed by atoms with Crippen LogP contribution in [-0.2, 0) is 17.8 Å². The number of para-hydroxylation sites is 2. The van der Waals surface area contributed by atoms with Crippen molar-refractivity contribution in [2.24, 2.45) is 0 Å². The Labute approximate surface area is 254 Å². The molecule has 1 unspecified atom stereocenters. The van der Waals surface area contributed by atoms with E-state index in [0.717, 1.165) is 24.5 Å². The van der Waals surface area contributed by atoms with Gasteiger partial charge in [0, 0.05) is 49.6 Å². The van der Waals surface area contributed by atoms with Crippen LogP contribution < -0.4 is 10.2 Å². The quantitative estimate of drug-likeness (QED) is 0.213. The second kappa shape index (κ2) is 15.0. The fourth-order valence-electron chi connectivity index (χ4n) is 5.49. The molecule has 0 saturated carbocycles. The SMILES string of the molecule is CC(COC(=O)N1CCC(N(C(=O)Nc2ccccc2)c2ccccc2)CC1)N(Cc1ccccc1)Cc1ccccc1. The highest BCUT2D eigenvalue weighted by atomic mass is 16.6. The van der Waals surface area contributed by atoms with E-state index in [1.165, 1.54) is 11.1 Å². The van der Waals surface area contributed by atoms with E-state index in [2.05, 4.69) is 65.7 Å². The van der Waals surface area contributed by atoms with Gasteiger partial charge in [0.2, 0.25) is 0 Å². The molecule has 3 amide bonds. The number of carbonyl (C=O) groups is 2. The van der Waals surface area contributed by atoms with Gasteiger partial charge in [0.15, 0.2) is 0 Å². The standard InChI is InChI=1S/C36H40N4O3/c1-29(39(26-30-14-6-2-7-15-30)27-31-16-8-3-9-17-31)28-43-36(42)38-24-22-34(23-25-38)40(33-20-12-5-13-21-33)35(41)37-32-18-10-4-11-19-32/h2-21,29,34H,22-28H2,1H3,(H,37,41). The van der Waals surface area contributed by atoms with Crippen LogP contribution in [0.4, 0.5) is 21.0 Å². The number of piperidine rings is 1. The van der Waals surface area contributed by atoms with Crippen molar-refractivity contribution in [2.75, 3.05) is 29.9 Å². The molecule has 7 heteroatoms. The van der Waals surface area contributed by atoms with Crippen molar-refractivity contribution in [2.45, 2.75) is 44.9 Å². The zero-order chi connectivity index (χ0) is 29.9. The number of hydrogen-bond acceptors (Lipinski definition) is 4. The van der Waals surface area contributed by atoms with Crippen molar-refractivity contribution >= 4 is 23.5 Å². The molecule has 4 aromatic rings. The van der Waals surface area contributed by atoms with Gasteiger partial charge in [-0.25, -0.2) is 9.59 Å². The average Bonchev–Trinajstić information content (AvgIpc) is 3.05. The highest BCUT2D eigenvalue weighted by molar-refractivity contribution is 6.02. The Bertz CT molecular complexity index is 1370. The van der Waals surface area contributed by atoms with Gasteiger partial charge in [0.05, 0.1) is 0 Å². The number of ether oxygens (including phenoxy) is 1. The fraction of sp³-hybridized carbons (Fsp3) is 0.278. The summed E-state index contributed by atoms with van der Waals surface area (Å²) < 4.78 is 5.86. The summed E-state index contributed by atoms with van der Waals surface area (Å²) in [7, 11) is 0. The van der Waals surface area contributed by atoms with Gasteiger partial charge in [-0.1, -0.05) is 97.1 Å². The van der Waals surface area contributed by atoms with Crippen LogP contribution >= 0.6 is 0 Å². The first-order valence-electron chi connectivity index (χ1n) is 15.0. The number of benzene rings is 4. The Morgan fingerprint density at radius 2 is 1.26 bits per heavy atom. The first-order chi connectivity index (χ1) is 21.1. The van der Waals surface area contributed by atoms with E-state index in [4.69, 9.17) is 4.74 Å². The molecule has 0 aliphatic carbocycles. The fourth-order valence-corrected chi connectivity index (χ4v) is 5.49. The highest BCUT2D eigenvalue weighted by Crippen LogP contribution is 2.25. The Kier molecular flexibility index (Phi) is 10.4. The summed E-state index contributed by atoms with van der Waals surface area (Å²) in [5.74, 6) is 0. The normalized spacial score (nSPS) is 14.2. The maximum Gasteiger partial charge on any atom is 0.409 e. The molecule has 1 saturated heterocycles. The molecule has 1 atom stereocenters. The largest absolute Gasteiger partial charge is 0.448 e. The smallest absolute Gasteiger partial charge is 0.409 e. The molecular formula is C36H40N4O3. The number of nitrogens with one attached hydrogen (secondary N) is 1. The molecule has 4 aromatic carbocycles. The van der Waals surface area contributed by atoms with Crippen LogP contribution in [0, 0.1) is 0 Å². The Morgan fingerprint density at radius 1 is 0.767 bits per heavy atom. The summed E-state index contributed by atoms with van der Waals surface area (Å²) in [4.78, 5) is 32.5. The molecule has 0 radical (unpaired) electrons. The topological polar surface area (TPSA) is 65.1 Å². The van der Waals surface area contributed by atoms with Gasteiger partial charge < -0.3 is 15.0 Å². The van der Waals surface area contributed by atoms with Gasteiger partial charge in [-0.05, 0) is 55.2 Å². The third kappa shape index (κ3) is 8.46. The third-order valence-corrected chi connectivity index (χ3v) is 7.89. The predicted octanol–water partition coefficient (Wildman–Crippen LogP) is 7.42. The van der Waals surface area contributed by atoms with E-state index >= 15 is 0 Å². The number of amides is 3. The van der Waals surface area contributed by atoms with Gasteiger partial charge in [-0.2, -0.15) is 0 Å². The number of urea groups is 1. The summed E-state index contributed by atoms with van der Waals surface area (Å²) in [5.41, 5.74) is 4.02. The van der Waals surface area contributed by atoms with Crippen LogP contribution in [0.5, 0.6) is 0 Å². The van der Waals surface area contributed by atoms with E-state index in [9.17, 15) is 9.59 Å². The van der Waals surface area contributed by atoms with Crippen LogP contribution in [0.3, 0.4) is 0 Å². The second-order valence-electron chi connectivity index (χ2n) is 11.0. The average molecular weight is 577 g/mol. The maximum absolute atomic E-state index is 13.4. The number of nitrogens with zero attached hydrogens (tertiary/aromatic N) is 3. The lowest BCUT2D eigenvalue weighted by atomic mass is 10.0. The molecule has 7 nitrogen and oxygen atoms in total. The lowest BCUT2D eigenvalue weighted by molar-refractivity contribution is 0.0590. The number of carbonyl (C=O) groups excluding carboxylic acids is 2. The lowest BCUT2D eigenvalue weighted by Crippen LogP contribution is -2.50. The number of rotatable bonds is 10. The molecular weight excluding hydrogens is 536 g/mol. The van der Waals surface area contributed by atoms with E-state index in [1.807, 2.05) is 77.7 Å². The van der Waals surface area contributed by atoms with Crippen molar-refractivity contribution < 1.29 is 14.3 Å². The van der Waals surface area contributed by atoms with Crippen molar-refractivity contribution in [3.8, 4) is 0 Å². The van der Waals surface area contributed by atoms with Crippen LogP contribution in [-0.4, -0.2) is 53.7 Å². The number of likely N-dealkylation sites (tertiary alicyclic amines) is 1. The first kappa shape index (κ1) is 29.9. The molecule has 0 bridgehead atoms. The minimum Gasteiger partial charge on any atom is -0.448 e. The molecule has 1 aliphatic rings. The van der Waals surface area contributed by atoms with Crippen molar-refractivity contribution in [1.82, 2.24) is 9.80 Å². The summed E-state index contributed by atoms with van der Waals surface area (Å²) >= 11 is 0. The maximum atomic E-state index is 13.4. The molecule has 0 spiro atoms. The molecule has 1 N–H and O–H groups in total. The van der Waals surface area contributed by atoms with Crippen LogP contribution in [0.15, 0.2) is 121 Å². The summed E-state index contributed by atoms with van der Waals surface area (Å²) in [5, 5.41) is 3.03. The minimum absolute atomic E-state index is 0.0251. The number of anilines is 2. The van der Waals surface area contributed by atoms with Crippen LogP contribution in [0.25, 0.3) is 0 Å².